The fourth-order valence-electron chi connectivity index (χ4n) is 1.83. The molecule has 0 unspecified atom stereocenters. The average molecular weight is 190 g/mol. The molecule has 3 nitrogen and oxygen atoms in total. The summed E-state index contributed by atoms with van der Waals surface area (Å²) in [6, 6.07) is 8.31. The van der Waals surface area contributed by atoms with Crippen LogP contribution in [0.3, 0.4) is 0 Å². The molecule has 0 spiro atoms. The summed E-state index contributed by atoms with van der Waals surface area (Å²) in [5.74, 6) is 0. The highest BCUT2D eigenvalue weighted by atomic mass is 16.2. The van der Waals surface area contributed by atoms with Crippen LogP contribution in [-0.4, -0.2) is 24.5 Å². The molecule has 3 heteroatoms. The zero-order valence-corrected chi connectivity index (χ0v) is 8.29. The Morgan fingerprint density at radius 1 is 1.36 bits per heavy atom. The van der Waals surface area contributed by atoms with Gasteiger partial charge in [0.25, 0.3) is 0 Å². The van der Waals surface area contributed by atoms with E-state index in [0.29, 0.717) is 0 Å². The van der Waals surface area contributed by atoms with Crippen LogP contribution in [0.4, 0.5) is 4.79 Å². The van der Waals surface area contributed by atoms with Gasteiger partial charge in [0.15, 0.2) is 0 Å². The number of nitrogens with one attached hydrogen (secondary N) is 1. The Morgan fingerprint density at radius 2 is 2.07 bits per heavy atom. The summed E-state index contributed by atoms with van der Waals surface area (Å²) in [6.07, 6.45) is 0.962. The van der Waals surface area contributed by atoms with Gasteiger partial charge in [0.1, 0.15) is 0 Å². The van der Waals surface area contributed by atoms with Crippen molar-refractivity contribution in [3.8, 4) is 0 Å². The van der Waals surface area contributed by atoms with Crippen molar-refractivity contribution in [2.45, 2.75) is 13.0 Å². The summed E-state index contributed by atoms with van der Waals surface area (Å²) in [7, 11) is 1.67. The molecule has 1 heterocycles. The van der Waals surface area contributed by atoms with Crippen LogP contribution < -0.4 is 5.32 Å². The first kappa shape index (κ1) is 9.06. The van der Waals surface area contributed by atoms with E-state index < -0.39 is 0 Å². The lowest BCUT2D eigenvalue weighted by Crippen LogP contribution is -2.41. The van der Waals surface area contributed by atoms with Crippen molar-refractivity contribution in [1.29, 1.82) is 0 Å². The third-order valence-electron chi connectivity index (χ3n) is 2.63. The summed E-state index contributed by atoms with van der Waals surface area (Å²) >= 11 is 0. The molecule has 0 atom stereocenters. The molecule has 0 saturated carbocycles. The average Bonchev–Trinajstić information content (AvgIpc) is 2.27. The van der Waals surface area contributed by atoms with Gasteiger partial charge in [-0.3, -0.25) is 0 Å². The lowest BCUT2D eigenvalue weighted by Gasteiger charge is -2.28. The van der Waals surface area contributed by atoms with Crippen molar-refractivity contribution >= 4 is 6.03 Å². The largest absolute Gasteiger partial charge is 0.341 e. The highest BCUT2D eigenvalue weighted by Gasteiger charge is 2.18. The van der Waals surface area contributed by atoms with Gasteiger partial charge in [0.05, 0.1) is 0 Å². The highest BCUT2D eigenvalue weighted by molar-refractivity contribution is 5.74. The second-order valence-corrected chi connectivity index (χ2v) is 3.50. The predicted octanol–water partition coefficient (Wildman–Crippen LogP) is 1.38. The van der Waals surface area contributed by atoms with Crippen molar-refractivity contribution in [1.82, 2.24) is 10.2 Å². The van der Waals surface area contributed by atoms with Crippen LogP contribution in [0.1, 0.15) is 11.1 Å². The van der Waals surface area contributed by atoms with Gasteiger partial charge in [-0.25, -0.2) is 4.79 Å². The maximum absolute atomic E-state index is 11.4. The SMILES string of the molecule is CNC(=O)N1CCc2ccccc2C1. The van der Waals surface area contributed by atoms with E-state index in [2.05, 4.69) is 17.4 Å². The summed E-state index contributed by atoms with van der Waals surface area (Å²) in [6.45, 7) is 1.55. The Balaban J connectivity index is 2.17. The zero-order valence-electron chi connectivity index (χ0n) is 8.29. The molecule has 1 aromatic carbocycles. The Labute approximate surface area is 83.7 Å². The van der Waals surface area contributed by atoms with E-state index in [4.69, 9.17) is 0 Å². The summed E-state index contributed by atoms with van der Waals surface area (Å²) < 4.78 is 0. The first-order chi connectivity index (χ1) is 6.81. The normalized spacial score (nSPS) is 14.8. The molecule has 2 rings (SSSR count). The molecule has 0 fully saturated rings. The first-order valence-electron chi connectivity index (χ1n) is 4.84. The third-order valence-corrected chi connectivity index (χ3v) is 2.63. The number of rotatable bonds is 0. The fourth-order valence-corrected chi connectivity index (χ4v) is 1.83. The van der Waals surface area contributed by atoms with Crippen LogP contribution in [0, 0.1) is 0 Å². The van der Waals surface area contributed by atoms with Crippen molar-refractivity contribution in [3.63, 3.8) is 0 Å². The number of carbonyl (C=O) groups excluding carboxylic acids is 1. The molecular weight excluding hydrogens is 176 g/mol. The number of amides is 2. The van der Waals surface area contributed by atoms with E-state index in [1.54, 1.807) is 7.05 Å². The lowest BCUT2D eigenvalue weighted by molar-refractivity contribution is 0.194. The predicted molar refractivity (Wildman–Crippen MR) is 55.0 cm³/mol. The molecule has 0 aromatic heterocycles. The van der Waals surface area contributed by atoms with Crippen LogP contribution in [0.15, 0.2) is 24.3 Å². The van der Waals surface area contributed by atoms with Crippen LogP contribution in [-0.2, 0) is 13.0 Å². The molecule has 0 bridgehead atoms. The molecule has 1 N–H and O–H groups in total. The van der Waals surface area contributed by atoms with Gasteiger partial charge in [0, 0.05) is 20.1 Å². The molecular formula is C11H14N2O. The second kappa shape index (κ2) is 3.70. The maximum atomic E-state index is 11.4. The van der Waals surface area contributed by atoms with E-state index in [1.165, 1.54) is 11.1 Å². The number of hydrogen-bond acceptors (Lipinski definition) is 1. The van der Waals surface area contributed by atoms with Gasteiger partial charge in [0.2, 0.25) is 0 Å². The zero-order chi connectivity index (χ0) is 9.97. The minimum Gasteiger partial charge on any atom is -0.341 e. The summed E-state index contributed by atoms with van der Waals surface area (Å²) in [4.78, 5) is 13.2. The Bertz CT molecular complexity index is 349. The Hall–Kier alpha value is -1.51. The number of carbonyl (C=O) groups is 1. The van der Waals surface area contributed by atoms with Crippen LogP contribution >= 0.6 is 0 Å². The first-order valence-corrected chi connectivity index (χ1v) is 4.84. The fraction of sp³-hybridized carbons (Fsp3) is 0.364. The van der Waals surface area contributed by atoms with Gasteiger partial charge in [-0.15, -0.1) is 0 Å². The van der Waals surface area contributed by atoms with E-state index in [9.17, 15) is 4.79 Å². The monoisotopic (exact) mass is 190 g/mol. The molecule has 0 saturated heterocycles. The highest BCUT2D eigenvalue weighted by Crippen LogP contribution is 2.17. The van der Waals surface area contributed by atoms with Crippen LogP contribution in [0.25, 0.3) is 0 Å². The Morgan fingerprint density at radius 3 is 2.79 bits per heavy atom. The van der Waals surface area contributed by atoms with Gasteiger partial charge in [-0.2, -0.15) is 0 Å². The molecule has 1 aromatic rings. The quantitative estimate of drug-likeness (QED) is 0.658. The number of hydrogen-bond donors (Lipinski definition) is 1. The van der Waals surface area contributed by atoms with Gasteiger partial charge >= 0.3 is 6.03 Å². The number of urea groups is 1. The minimum absolute atomic E-state index is 0.0134. The Kier molecular flexibility index (Phi) is 2.39. The number of fused-ring (bicyclic) bond motifs is 1. The molecule has 2 amide bonds. The molecule has 14 heavy (non-hydrogen) atoms. The molecule has 1 aliphatic rings. The summed E-state index contributed by atoms with van der Waals surface area (Å²) in [5.41, 5.74) is 2.63. The number of benzene rings is 1. The van der Waals surface area contributed by atoms with Gasteiger partial charge in [-0.1, -0.05) is 24.3 Å². The smallest absolute Gasteiger partial charge is 0.317 e. The number of nitrogens with zero attached hydrogens (tertiary/aromatic N) is 1. The van der Waals surface area contributed by atoms with E-state index in [-0.39, 0.29) is 6.03 Å². The summed E-state index contributed by atoms with van der Waals surface area (Å²) in [5, 5.41) is 2.65. The topological polar surface area (TPSA) is 32.3 Å². The standard InChI is InChI=1S/C11H14N2O/c1-12-11(14)13-7-6-9-4-2-3-5-10(9)8-13/h2-5H,6-8H2,1H3,(H,12,14). The van der Waals surface area contributed by atoms with E-state index in [1.807, 2.05) is 17.0 Å². The molecule has 0 aliphatic carbocycles. The third kappa shape index (κ3) is 1.58. The van der Waals surface area contributed by atoms with Gasteiger partial charge < -0.3 is 10.2 Å². The lowest BCUT2D eigenvalue weighted by atomic mass is 10.0. The van der Waals surface area contributed by atoms with E-state index >= 15 is 0 Å². The minimum atomic E-state index is 0.0134. The maximum Gasteiger partial charge on any atom is 0.317 e. The van der Waals surface area contributed by atoms with E-state index in [0.717, 1.165) is 19.5 Å². The van der Waals surface area contributed by atoms with Crippen molar-refractivity contribution in [2.75, 3.05) is 13.6 Å². The second-order valence-electron chi connectivity index (χ2n) is 3.50. The van der Waals surface area contributed by atoms with Crippen LogP contribution in [0.2, 0.25) is 0 Å². The van der Waals surface area contributed by atoms with Gasteiger partial charge in [-0.05, 0) is 17.5 Å². The van der Waals surface area contributed by atoms with Crippen molar-refractivity contribution in [3.05, 3.63) is 35.4 Å². The van der Waals surface area contributed by atoms with Crippen molar-refractivity contribution < 1.29 is 4.79 Å². The molecule has 0 radical (unpaired) electrons. The van der Waals surface area contributed by atoms with Crippen LogP contribution in [0.5, 0.6) is 0 Å². The molecule has 74 valence electrons. The molecule has 1 aliphatic heterocycles. The van der Waals surface area contributed by atoms with Crippen molar-refractivity contribution in [2.24, 2.45) is 0 Å².